The highest BCUT2D eigenvalue weighted by Crippen LogP contribution is 2.19. The van der Waals surface area contributed by atoms with Crippen LogP contribution in [0.15, 0.2) is 42.5 Å². The van der Waals surface area contributed by atoms with Gasteiger partial charge < -0.3 is 10.6 Å². The standard InChI is InChI=1S/C21H25IN2O2/c1-13(2)11-19(24-20(25)17-8-6-5-7-14(17)3)21(26)23-18-10-9-16(22)12-15(18)4/h5-10,12-13,19H,11H2,1-4H3,(H,23,26)(H,24,25)/t19-/m0/s1. The van der Waals surface area contributed by atoms with Gasteiger partial charge in [-0.15, -0.1) is 0 Å². The van der Waals surface area contributed by atoms with Gasteiger partial charge in [0.25, 0.3) is 5.91 Å². The first kappa shape index (κ1) is 20.4. The first-order chi connectivity index (χ1) is 12.3. The molecule has 0 aliphatic carbocycles. The number of aryl methyl sites for hydroxylation is 2. The number of rotatable bonds is 6. The zero-order chi connectivity index (χ0) is 19.3. The zero-order valence-electron chi connectivity index (χ0n) is 15.6. The molecule has 0 saturated carbocycles. The molecular weight excluding hydrogens is 439 g/mol. The summed E-state index contributed by atoms with van der Waals surface area (Å²) in [7, 11) is 0. The van der Waals surface area contributed by atoms with Gasteiger partial charge in [-0.25, -0.2) is 0 Å². The third-order valence-corrected chi connectivity index (χ3v) is 4.84. The van der Waals surface area contributed by atoms with E-state index in [0.29, 0.717) is 12.0 Å². The monoisotopic (exact) mass is 464 g/mol. The number of amides is 2. The Balaban J connectivity index is 2.16. The van der Waals surface area contributed by atoms with Gasteiger partial charge in [0, 0.05) is 14.8 Å². The summed E-state index contributed by atoms with van der Waals surface area (Å²) in [6.07, 6.45) is 0.576. The number of nitrogens with one attached hydrogen (secondary N) is 2. The summed E-state index contributed by atoms with van der Waals surface area (Å²) in [5.74, 6) is -0.131. The maximum atomic E-state index is 12.8. The van der Waals surface area contributed by atoms with Crippen molar-refractivity contribution < 1.29 is 9.59 Å². The summed E-state index contributed by atoms with van der Waals surface area (Å²) in [4.78, 5) is 25.4. The molecule has 0 heterocycles. The van der Waals surface area contributed by atoms with E-state index in [1.54, 1.807) is 6.07 Å². The summed E-state index contributed by atoms with van der Waals surface area (Å²) in [6, 6.07) is 12.7. The lowest BCUT2D eigenvalue weighted by Gasteiger charge is -2.21. The van der Waals surface area contributed by atoms with E-state index in [2.05, 4.69) is 33.2 Å². The van der Waals surface area contributed by atoms with Gasteiger partial charge in [-0.1, -0.05) is 32.0 Å². The van der Waals surface area contributed by atoms with Crippen molar-refractivity contribution in [1.29, 1.82) is 0 Å². The number of carbonyl (C=O) groups is 2. The number of benzene rings is 2. The minimum Gasteiger partial charge on any atom is -0.340 e. The van der Waals surface area contributed by atoms with Crippen molar-refractivity contribution in [2.75, 3.05) is 5.32 Å². The molecule has 2 rings (SSSR count). The Morgan fingerprint density at radius 1 is 1.04 bits per heavy atom. The maximum absolute atomic E-state index is 12.8. The Hall–Kier alpha value is -1.89. The van der Waals surface area contributed by atoms with E-state index in [4.69, 9.17) is 0 Å². The highest BCUT2D eigenvalue weighted by atomic mass is 127. The van der Waals surface area contributed by atoms with Gasteiger partial charge >= 0.3 is 0 Å². The molecular formula is C21H25IN2O2. The summed E-state index contributed by atoms with van der Waals surface area (Å²) in [5, 5.41) is 5.86. The van der Waals surface area contributed by atoms with Crippen molar-refractivity contribution in [2.24, 2.45) is 5.92 Å². The summed E-state index contributed by atoms with van der Waals surface area (Å²) in [5.41, 5.74) is 3.26. The fraction of sp³-hybridized carbons (Fsp3) is 0.333. The van der Waals surface area contributed by atoms with Crippen LogP contribution in [0.4, 0.5) is 5.69 Å². The van der Waals surface area contributed by atoms with Crippen LogP contribution in [-0.2, 0) is 4.79 Å². The second kappa shape index (κ2) is 9.16. The summed E-state index contributed by atoms with van der Waals surface area (Å²) in [6.45, 7) is 7.93. The molecule has 4 nitrogen and oxygen atoms in total. The van der Waals surface area contributed by atoms with Gasteiger partial charge in [-0.2, -0.15) is 0 Å². The average molecular weight is 464 g/mol. The predicted molar refractivity (Wildman–Crippen MR) is 114 cm³/mol. The van der Waals surface area contributed by atoms with Crippen LogP contribution in [0.25, 0.3) is 0 Å². The van der Waals surface area contributed by atoms with Gasteiger partial charge in [0.05, 0.1) is 0 Å². The van der Waals surface area contributed by atoms with E-state index in [-0.39, 0.29) is 17.7 Å². The maximum Gasteiger partial charge on any atom is 0.252 e. The lowest BCUT2D eigenvalue weighted by atomic mass is 10.0. The number of anilines is 1. The second-order valence-corrected chi connectivity index (χ2v) is 8.16. The second-order valence-electron chi connectivity index (χ2n) is 6.92. The number of carbonyl (C=O) groups excluding carboxylic acids is 2. The zero-order valence-corrected chi connectivity index (χ0v) is 17.8. The van der Waals surface area contributed by atoms with Crippen molar-refractivity contribution in [3.8, 4) is 0 Å². The molecule has 0 aliphatic heterocycles. The summed E-state index contributed by atoms with van der Waals surface area (Å²) >= 11 is 2.24. The summed E-state index contributed by atoms with van der Waals surface area (Å²) < 4.78 is 1.12. The molecule has 0 bridgehead atoms. The van der Waals surface area contributed by atoms with Crippen molar-refractivity contribution in [3.63, 3.8) is 0 Å². The fourth-order valence-electron chi connectivity index (χ4n) is 2.75. The first-order valence-electron chi connectivity index (χ1n) is 8.71. The lowest BCUT2D eigenvalue weighted by Crippen LogP contribution is -2.44. The Labute approximate surface area is 168 Å². The van der Waals surface area contributed by atoms with Crippen molar-refractivity contribution in [3.05, 3.63) is 62.7 Å². The molecule has 0 radical (unpaired) electrons. The van der Waals surface area contributed by atoms with Crippen LogP contribution < -0.4 is 10.6 Å². The first-order valence-corrected chi connectivity index (χ1v) is 9.79. The molecule has 2 N–H and O–H groups in total. The largest absolute Gasteiger partial charge is 0.340 e. The van der Waals surface area contributed by atoms with Gasteiger partial charge in [-0.3, -0.25) is 9.59 Å². The minimum absolute atomic E-state index is 0.190. The Kier molecular flexibility index (Phi) is 7.20. The Bertz CT molecular complexity index is 802. The molecule has 0 unspecified atom stereocenters. The topological polar surface area (TPSA) is 58.2 Å². The molecule has 0 aromatic heterocycles. The molecule has 0 fully saturated rings. The van der Waals surface area contributed by atoms with Crippen LogP contribution in [0.1, 0.15) is 41.8 Å². The van der Waals surface area contributed by atoms with E-state index < -0.39 is 6.04 Å². The number of hydrogen-bond donors (Lipinski definition) is 2. The molecule has 0 aliphatic rings. The highest BCUT2D eigenvalue weighted by Gasteiger charge is 2.23. The molecule has 2 aromatic carbocycles. The molecule has 2 amide bonds. The number of hydrogen-bond acceptors (Lipinski definition) is 2. The molecule has 5 heteroatoms. The Morgan fingerprint density at radius 2 is 1.73 bits per heavy atom. The van der Waals surface area contributed by atoms with Crippen LogP contribution in [0.3, 0.4) is 0 Å². The van der Waals surface area contributed by atoms with E-state index in [1.807, 2.05) is 64.1 Å². The highest BCUT2D eigenvalue weighted by molar-refractivity contribution is 14.1. The van der Waals surface area contributed by atoms with E-state index in [9.17, 15) is 9.59 Å². The molecule has 1 atom stereocenters. The minimum atomic E-state index is -0.583. The lowest BCUT2D eigenvalue weighted by molar-refractivity contribution is -0.118. The van der Waals surface area contributed by atoms with Crippen LogP contribution >= 0.6 is 22.6 Å². The van der Waals surface area contributed by atoms with Gasteiger partial charge in [-0.05, 0) is 84.2 Å². The normalized spacial score (nSPS) is 11.9. The third kappa shape index (κ3) is 5.56. The molecule has 0 spiro atoms. The van der Waals surface area contributed by atoms with E-state index in [1.165, 1.54) is 0 Å². The van der Waals surface area contributed by atoms with E-state index in [0.717, 1.165) is 20.4 Å². The number of halogens is 1. The fourth-order valence-corrected chi connectivity index (χ4v) is 3.40. The molecule has 26 heavy (non-hydrogen) atoms. The van der Waals surface area contributed by atoms with E-state index >= 15 is 0 Å². The van der Waals surface area contributed by atoms with Gasteiger partial charge in [0.2, 0.25) is 5.91 Å². The third-order valence-electron chi connectivity index (χ3n) is 4.16. The van der Waals surface area contributed by atoms with Crippen LogP contribution in [0, 0.1) is 23.3 Å². The smallest absolute Gasteiger partial charge is 0.252 e. The van der Waals surface area contributed by atoms with Crippen molar-refractivity contribution in [1.82, 2.24) is 5.32 Å². The molecule has 138 valence electrons. The quantitative estimate of drug-likeness (QED) is 0.610. The average Bonchev–Trinajstić information content (AvgIpc) is 2.56. The Morgan fingerprint density at radius 3 is 2.35 bits per heavy atom. The van der Waals surface area contributed by atoms with Crippen molar-refractivity contribution in [2.45, 2.75) is 40.2 Å². The van der Waals surface area contributed by atoms with Crippen molar-refractivity contribution >= 4 is 40.1 Å². The molecule has 2 aromatic rings. The van der Waals surface area contributed by atoms with Crippen LogP contribution in [0.5, 0.6) is 0 Å². The predicted octanol–water partition coefficient (Wildman–Crippen LogP) is 4.69. The van der Waals surface area contributed by atoms with Crippen LogP contribution in [-0.4, -0.2) is 17.9 Å². The van der Waals surface area contributed by atoms with Gasteiger partial charge in [0.15, 0.2) is 0 Å². The SMILES string of the molecule is Cc1cc(I)ccc1NC(=O)[C@H](CC(C)C)NC(=O)c1ccccc1C. The molecule has 0 saturated heterocycles. The van der Waals surface area contributed by atoms with Crippen LogP contribution in [0.2, 0.25) is 0 Å². The van der Waals surface area contributed by atoms with Gasteiger partial charge in [0.1, 0.15) is 6.04 Å².